The average molecular weight is 247 g/mol. The van der Waals surface area contributed by atoms with E-state index < -0.39 is 0 Å². The van der Waals surface area contributed by atoms with Gasteiger partial charge in [-0.25, -0.2) is 4.79 Å². The van der Waals surface area contributed by atoms with E-state index in [4.69, 9.17) is 11.6 Å². The number of fused-ring (bicyclic) bond motifs is 3. The second-order valence-corrected chi connectivity index (χ2v) is 4.64. The topological polar surface area (TPSA) is 25.2 Å². The van der Waals surface area contributed by atoms with E-state index in [2.05, 4.69) is 0 Å². The van der Waals surface area contributed by atoms with Crippen LogP contribution in [0.5, 0.6) is 0 Å². The van der Waals surface area contributed by atoms with Gasteiger partial charge in [0.05, 0.1) is 5.69 Å². The third-order valence-electron chi connectivity index (χ3n) is 3.04. The van der Waals surface area contributed by atoms with Gasteiger partial charge in [-0.1, -0.05) is 17.7 Å². The molecule has 0 atom stereocenters. The van der Waals surface area contributed by atoms with E-state index in [-0.39, 0.29) is 6.03 Å². The SMILES string of the molecule is CN1Cc2ccc(Cl)cc2-c2cccn2C1=O. The van der Waals surface area contributed by atoms with Crippen molar-refractivity contribution in [3.63, 3.8) is 0 Å². The predicted molar refractivity (Wildman–Crippen MR) is 67.1 cm³/mol. The van der Waals surface area contributed by atoms with Gasteiger partial charge >= 0.3 is 6.03 Å². The first kappa shape index (κ1) is 10.4. The number of amides is 1. The summed E-state index contributed by atoms with van der Waals surface area (Å²) >= 11 is 6.03. The van der Waals surface area contributed by atoms with Crippen LogP contribution in [0, 0.1) is 0 Å². The summed E-state index contributed by atoms with van der Waals surface area (Å²) in [6.45, 7) is 0.604. The molecular formula is C13H11ClN2O. The van der Waals surface area contributed by atoms with Crippen molar-refractivity contribution in [3.05, 3.63) is 47.1 Å². The van der Waals surface area contributed by atoms with Crippen molar-refractivity contribution in [2.75, 3.05) is 7.05 Å². The first-order valence-electron chi connectivity index (χ1n) is 5.38. The Balaban J connectivity index is 2.31. The van der Waals surface area contributed by atoms with E-state index in [1.54, 1.807) is 22.7 Å². The van der Waals surface area contributed by atoms with E-state index >= 15 is 0 Å². The summed E-state index contributed by atoms with van der Waals surface area (Å²) < 4.78 is 1.65. The van der Waals surface area contributed by atoms with E-state index in [1.807, 2.05) is 30.3 Å². The highest BCUT2D eigenvalue weighted by Gasteiger charge is 2.22. The fourth-order valence-corrected chi connectivity index (χ4v) is 2.37. The van der Waals surface area contributed by atoms with Gasteiger partial charge in [0.2, 0.25) is 0 Å². The first-order chi connectivity index (χ1) is 8.16. The Morgan fingerprint density at radius 1 is 1.29 bits per heavy atom. The van der Waals surface area contributed by atoms with Crippen molar-refractivity contribution in [1.82, 2.24) is 9.47 Å². The maximum absolute atomic E-state index is 12.1. The molecule has 0 saturated heterocycles. The van der Waals surface area contributed by atoms with Crippen LogP contribution >= 0.6 is 11.6 Å². The zero-order valence-corrected chi connectivity index (χ0v) is 10.1. The Morgan fingerprint density at radius 3 is 2.94 bits per heavy atom. The molecule has 0 unspecified atom stereocenters. The van der Waals surface area contributed by atoms with Crippen LogP contribution in [0.15, 0.2) is 36.5 Å². The lowest BCUT2D eigenvalue weighted by Crippen LogP contribution is -2.28. The summed E-state index contributed by atoms with van der Waals surface area (Å²) in [4.78, 5) is 13.8. The third kappa shape index (κ3) is 1.54. The molecular weight excluding hydrogens is 236 g/mol. The van der Waals surface area contributed by atoms with Crippen molar-refractivity contribution in [2.24, 2.45) is 0 Å². The van der Waals surface area contributed by atoms with Crippen LogP contribution in [0.3, 0.4) is 0 Å². The van der Waals surface area contributed by atoms with Crippen molar-refractivity contribution in [3.8, 4) is 11.3 Å². The van der Waals surface area contributed by atoms with Gasteiger partial charge in [0.25, 0.3) is 0 Å². The molecule has 1 amide bonds. The van der Waals surface area contributed by atoms with Gasteiger partial charge in [0, 0.05) is 30.4 Å². The largest absolute Gasteiger partial charge is 0.328 e. The average Bonchev–Trinajstić information content (AvgIpc) is 2.75. The monoisotopic (exact) mass is 246 g/mol. The molecule has 0 N–H and O–H groups in total. The van der Waals surface area contributed by atoms with Crippen LogP contribution in [0.25, 0.3) is 11.3 Å². The van der Waals surface area contributed by atoms with Gasteiger partial charge < -0.3 is 4.90 Å². The molecule has 0 saturated carbocycles. The van der Waals surface area contributed by atoms with E-state index in [0.29, 0.717) is 11.6 Å². The Morgan fingerprint density at radius 2 is 2.12 bits per heavy atom. The highest BCUT2D eigenvalue weighted by atomic mass is 35.5. The number of halogens is 1. The van der Waals surface area contributed by atoms with E-state index in [0.717, 1.165) is 16.8 Å². The lowest BCUT2D eigenvalue weighted by atomic mass is 10.0. The maximum Gasteiger partial charge on any atom is 0.328 e. The molecule has 2 heterocycles. The molecule has 86 valence electrons. The van der Waals surface area contributed by atoms with Crippen molar-refractivity contribution < 1.29 is 4.79 Å². The Bertz CT molecular complexity index is 603. The second-order valence-electron chi connectivity index (χ2n) is 4.20. The smallest absolute Gasteiger partial charge is 0.323 e. The van der Waals surface area contributed by atoms with Crippen LogP contribution in [0.4, 0.5) is 4.79 Å². The number of carbonyl (C=O) groups excluding carboxylic acids is 1. The summed E-state index contributed by atoms with van der Waals surface area (Å²) in [5.41, 5.74) is 3.04. The molecule has 4 heteroatoms. The van der Waals surface area contributed by atoms with Gasteiger partial charge in [-0.05, 0) is 29.8 Å². The van der Waals surface area contributed by atoms with E-state index in [1.165, 1.54) is 0 Å². The van der Waals surface area contributed by atoms with Gasteiger partial charge in [0.15, 0.2) is 0 Å². The summed E-state index contributed by atoms with van der Waals surface area (Å²) in [6, 6.07) is 9.54. The minimum absolute atomic E-state index is 0.0164. The Labute approximate surface area is 104 Å². The van der Waals surface area contributed by atoms with Crippen molar-refractivity contribution >= 4 is 17.6 Å². The molecule has 3 nitrogen and oxygen atoms in total. The highest BCUT2D eigenvalue weighted by molar-refractivity contribution is 6.30. The molecule has 0 fully saturated rings. The molecule has 0 spiro atoms. The molecule has 3 rings (SSSR count). The number of benzene rings is 1. The maximum atomic E-state index is 12.1. The van der Waals surface area contributed by atoms with Crippen LogP contribution in [0.1, 0.15) is 5.56 Å². The molecule has 1 aliphatic rings. The van der Waals surface area contributed by atoms with Gasteiger partial charge in [0.1, 0.15) is 0 Å². The molecule has 0 radical (unpaired) electrons. The minimum Gasteiger partial charge on any atom is -0.323 e. The van der Waals surface area contributed by atoms with Crippen LogP contribution < -0.4 is 0 Å². The normalized spacial score (nSPS) is 14.2. The molecule has 1 aromatic carbocycles. The summed E-state index contributed by atoms with van der Waals surface area (Å²) in [5, 5.41) is 0.688. The molecule has 17 heavy (non-hydrogen) atoms. The zero-order valence-electron chi connectivity index (χ0n) is 9.35. The third-order valence-corrected chi connectivity index (χ3v) is 3.27. The molecule has 1 aliphatic heterocycles. The molecule has 2 aromatic rings. The standard InChI is InChI=1S/C13H11ClN2O/c1-15-8-9-4-5-10(14)7-11(9)12-3-2-6-16(12)13(15)17/h2-7H,8H2,1H3. The Hall–Kier alpha value is -1.74. The zero-order chi connectivity index (χ0) is 12.0. The molecule has 1 aromatic heterocycles. The predicted octanol–water partition coefficient (Wildman–Crippen LogP) is 3.22. The highest BCUT2D eigenvalue weighted by Crippen LogP contribution is 2.31. The Kier molecular flexibility index (Phi) is 2.23. The fourth-order valence-electron chi connectivity index (χ4n) is 2.20. The van der Waals surface area contributed by atoms with Crippen LogP contribution in [-0.2, 0) is 6.54 Å². The van der Waals surface area contributed by atoms with Crippen molar-refractivity contribution in [1.29, 1.82) is 0 Å². The number of aromatic nitrogens is 1. The minimum atomic E-state index is -0.0164. The number of hydrogen-bond acceptors (Lipinski definition) is 1. The number of rotatable bonds is 0. The van der Waals surface area contributed by atoms with Crippen LogP contribution in [0.2, 0.25) is 5.02 Å². The van der Waals surface area contributed by atoms with Gasteiger partial charge in [-0.2, -0.15) is 0 Å². The number of carbonyl (C=O) groups is 1. The molecule has 0 aliphatic carbocycles. The van der Waals surface area contributed by atoms with Gasteiger partial charge in [-0.3, -0.25) is 4.57 Å². The van der Waals surface area contributed by atoms with Crippen molar-refractivity contribution in [2.45, 2.75) is 6.54 Å². The first-order valence-corrected chi connectivity index (χ1v) is 5.76. The summed E-state index contributed by atoms with van der Waals surface area (Å²) in [5.74, 6) is 0. The fraction of sp³-hybridized carbons (Fsp3) is 0.154. The number of hydrogen-bond donors (Lipinski definition) is 0. The molecule has 0 bridgehead atoms. The number of nitrogens with zero attached hydrogens (tertiary/aromatic N) is 2. The van der Waals surface area contributed by atoms with Gasteiger partial charge in [-0.15, -0.1) is 0 Å². The second kappa shape index (κ2) is 3.64. The van der Waals surface area contributed by atoms with Crippen LogP contribution in [-0.4, -0.2) is 22.5 Å². The summed E-state index contributed by atoms with van der Waals surface area (Å²) in [7, 11) is 1.80. The van der Waals surface area contributed by atoms with E-state index in [9.17, 15) is 4.79 Å². The summed E-state index contributed by atoms with van der Waals surface area (Å²) in [6.07, 6.45) is 1.78. The lowest BCUT2D eigenvalue weighted by molar-refractivity contribution is 0.210. The lowest BCUT2D eigenvalue weighted by Gasteiger charge is -2.14. The quantitative estimate of drug-likeness (QED) is 0.701.